The second kappa shape index (κ2) is 8.34. The van der Waals surface area contributed by atoms with Crippen molar-refractivity contribution in [1.29, 1.82) is 0 Å². The summed E-state index contributed by atoms with van der Waals surface area (Å²) in [6, 6.07) is 10.4. The zero-order chi connectivity index (χ0) is 22.2. The van der Waals surface area contributed by atoms with Crippen LogP contribution < -0.4 is 10.1 Å². The smallest absolute Gasteiger partial charge is 0.166 e. The molecule has 0 unspecified atom stereocenters. The van der Waals surface area contributed by atoms with E-state index in [1.54, 1.807) is 13.4 Å². The third kappa shape index (κ3) is 3.34. The molecule has 0 saturated heterocycles. The average Bonchev–Trinajstić information content (AvgIpc) is 3.56. The number of fused-ring (bicyclic) bond motifs is 2. The van der Waals surface area contributed by atoms with Gasteiger partial charge in [0.1, 0.15) is 17.3 Å². The number of nitrogens with one attached hydrogen (secondary N) is 1. The number of benzene rings is 1. The number of aromatic nitrogens is 3. The van der Waals surface area contributed by atoms with Crippen molar-refractivity contribution in [2.24, 2.45) is 0 Å². The number of ether oxygens (including phenoxy) is 1. The maximum Gasteiger partial charge on any atom is 0.166 e. The fourth-order valence-corrected chi connectivity index (χ4v) is 4.74. The van der Waals surface area contributed by atoms with Gasteiger partial charge in [-0.2, -0.15) is 9.61 Å². The molecule has 6 nitrogen and oxygen atoms in total. The van der Waals surface area contributed by atoms with Crippen LogP contribution in [-0.4, -0.2) is 27.7 Å². The van der Waals surface area contributed by atoms with Crippen LogP contribution in [0, 0.1) is 6.92 Å². The normalized spacial score (nSPS) is 13.2. The van der Waals surface area contributed by atoms with Crippen molar-refractivity contribution in [2.75, 3.05) is 12.4 Å². The number of hydrogen-bond donors (Lipinski definition) is 1. The summed E-state index contributed by atoms with van der Waals surface area (Å²) in [7, 11) is 1.69. The lowest BCUT2D eigenvalue weighted by molar-refractivity contribution is 0.414. The van der Waals surface area contributed by atoms with Crippen LogP contribution in [0.15, 0.2) is 41.0 Å². The number of anilines is 1. The maximum absolute atomic E-state index is 5.81. The number of methoxy groups -OCH3 is 1. The van der Waals surface area contributed by atoms with Gasteiger partial charge >= 0.3 is 0 Å². The molecule has 0 aliphatic heterocycles. The highest BCUT2D eigenvalue weighted by Crippen LogP contribution is 2.40. The van der Waals surface area contributed by atoms with Crippen LogP contribution in [-0.2, 0) is 12.8 Å². The number of aryl methyl sites for hydroxylation is 2. The van der Waals surface area contributed by atoms with Crippen molar-refractivity contribution in [2.45, 2.75) is 58.9 Å². The number of furan rings is 1. The standard InChI is InChI=1S/C26H30N4O2/c1-5-17(6-2)27-25-20-9-7-10-21(20)28-26-23(19-13-12-18(31-4)15-16(19)3)24(29-30(25)26)22-11-8-14-32-22/h8,11-15,17,27H,5-7,9-10H2,1-4H3. The van der Waals surface area contributed by atoms with E-state index in [4.69, 9.17) is 19.2 Å². The molecule has 0 atom stereocenters. The minimum absolute atomic E-state index is 0.396. The lowest BCUT2D eigenvalue weighted by atomic mass is 9.99. The summed E-state index contributed by atoms with van der Waals surface area (Å²) in [6.45, 7) is 6.55. The van der Waals surface area contributed by atoms with E-state index in [0.29, 0.717) is 6.04 Å². The molecule has 0 fully saturated rings. The summed E-state index contributed by atoms with van der Waals surface area (Å²) < 4.78 is 13.3. The lowest BCUT2D eigenvalue weighted by Gasteiger charge is -2.19. The molecule has 0 bridgehead atoms. The molecule has 1 N–H and O–H groups in total. The molecule has 1 aromatic carbocycles. The van der Waals surface area contributed by atoms with Gasteiger partial charge in [-0.25, -0.2) is 4.98 Å². The topological polar surface area (TPSA) is 64.6 Å². The highest BCUT2D eigenvalue weighted by Gasteiger charge is 2.27. The minimum Gasteiger partial charge on any atom is -0.497 e. The Morgan fingerprint density at radius 2 is 2.03 bits per heavy atom. The van der Waals surface area contributed by atoms with E-state index in [-0.39, 0.29) is 0 Å². The van der Waals surface area contributed by atoms with Crippen molar-refractivity contribution >= 4 is 11.5 Å². The molecule has 1 aliphatic rings. The van der Waals surface area contributed by atoms with Gasteiger partial charge in [0.2, 0.25) is 0 Å². The molecule has 6 heteroatoms. The third-order valence-electron chi connectivity index (χ3n) is 6.57. The van der Waals surface area contributed by atoms with Gasteiger partial charge in [-0.3, -0.25) is 0 Å². The molecule has 5 rings (SSSR count). The van der Waals surface area contributed by atoms with Crippen molar-refractivity contribution in [3.05, 3.63) is 53.4 Å². The highest BCUT2D eigenvalue weighted by atomic mass is 16.5. The zero-order valence-electron chi connectivity index (χ0n) is 19.2. The fourth-order valence-electron chi connectivity index (χ4n) is 4.74. The zero-order valence-corrected chi connectivity index (χ0v) is 19.2. The first-order valence-corrected chi connectivity index (χ1v) is 11.5. The van der Waals surface area contributed by atoms with Crippen LogP contribution in [0.3, 0.4) is 0 Å². The molecular formula is C26H30N4O2. The largest absolute Gasteiger partial charge is 0.497 e. The molecule has 3 heterocycles. The van der Waals surface area contributed by atoms with E-state index in [2.05, 4.69) is 38.2 Å². The van der Waals surface area contributed by atoms with Crippen molar-refractivity contribution < 1.29 is 9.15 Å². The van der Waals surface area contributed by atoms with Gasteiger partial charge in [0.25, 0.3) is 0 Å². The lowest BCUT2D eigenvalue weighted by Crippen LogP contribution is -2.21. The van der Waals surface area contributed by atoms with Crippen LogP contribution in [0.5, 0.6) is 5.75 Å². The van der Waals surface area contributed by atoms with Gasteiger partial charge < -0.3 is 14.5 Å². The van der Waals surface area contributed by atoms with Crippen LogP contribution in [0.1, 0.15) is 49.9 Å². The first-order chi connectivity index (χ1) is 15.6. The summed E-state index contributed by atoms with van der Waals surface area (Å²) in [6.07, 6.45) is 6.99. The summed E-state index contributed by atoms with van der Waals surface area (Å²) in [4.78, 5) is 5.15. The predicted octanol–water partition coefficient (Wildman–Crippen LogP) is 6.06. The maximum atomic E-state index is 5.81. The third-order valence-corrected chi connectivity index (χ3v) is 6.57. The summed E-state index contributed by atoms with van der Waals surface area (Å²) in [5.74, 6) is 2.67. The Hall–Kier alpha value is -3.28. The Labute approximate surface area is 188 Å². The van der Waals surface area contributed by atoms with Crippen LogP contribution >= 0.6 is 0 Å². The van der Waals surface area contributed by atoms with E-state index in [1.165, 1.54) is 11.3 Å². The Morgan fingerprint density at radius 1 is 1.19 bits per heavy atom. The van der Waals surface area contributed by atoms with E-state index < -0.39 is 0 Å². The first kappa shape index (κ1) is 20.6. The van der Waals surface area contributed by atoms with E-state index in [9.17, 15) is 0 Å². The van der Waals surface area contributed by atoms with Crippen LogP contribution in [0.2, 0.25) is 0 Å². The second-order valence-corrected chi connectivity index (χ2v) is 8.51. The van der Waals surface area contributed by atoms with Crippen LogP contribution in [0.4, 0.5) is 5.82 Å². The molecular weight excluding hydrogens is 400 g/mol. The van der Waals surface area contributed by atoms with E-state index in [1.807, 2.05) is 22.7 Å². The summed E-state index contributed by atoms with van der Waals surface area (Å²) in [5.41, 5.74) is 7.38. The highest BCUT2D eigenvalue weighted by molar-refractivity contribution is 5.91. The molecule has 0 amide bonds. The monoisotopic (exact) mass is 430 g/mol. The Bertz CT molecular complexity index is 1250. The number of hydrogen-bond acceptors (Lipinski definition) is 5. The average molecular weight is 431 g/mol. The van der Waals surface area contributed by atoms with Gasteiger partial charge in [0.05, 0.1) is 18.9 Å². The van der Waals surface area contributed by atoms with Crippen molar-refractivity contribution in [1.82, 2.24) is 14.6 Å². The van der Waals surface area contributed by atoms with Crippen molar-refractivity contribution in [3.8, 4) is 28.3 Å². The van der Waals surface area contributed by atoms with E-state index >= 15 is 0 Å². The Morgan fingerprint density at radius 3 is 2.72 bits per heavy atom. The minimum atomic E-state index is 0.396. The Kier molecular flexibility index (Phi) is 5.37. The number of rotatable bonds is 7. The van der Waals surface area contributed by atoms with Gasteiger partial charge in [0.15, 0.2) is 11.4 Å². The van der Waals surface area contributed by atoms with E-state index in [0.717, 1.165) is 77.5 Å². The molecule has 32 heavy (non-hydrogen) atoms. The SMILES string of the molecule is CCC(CC)Nc1c2c(nc3c(-c4ccc(OC)cc4C)c(-c4ccco4)nn13)CCC2. The molecule has 166 valence electrons. The van der Waals surface area contributed by atoms with Gasteiger partial charge in [-0.05, 0) is 74.4 Å². The summed E-state index contributed by atoms with van der Waals surface area (Å²) in [5, 5.41) is 8.88. The fraction of sp³-hybridized carbons (Fsp3) is 0.385. The molecule has 4 aromatic rings. The van der Waals surface area contributed by atoms with Crippen LogP contribution in [0.25, 0.3) is 28.2 Å². The number of nitrogens with zero attached hydrogens (tertiary/aromatic N) is 3. The molecule has 1 aliphatic carbocycles. The molecule has 3 aromatic heterocycles. The van der Waals surface area contributed by atoms with Crippen molar-refractivity contribution in [3.63, 3.8) is 0 Å². The van der Waals surface area contributed by atoms with Gasteiger partial charge in [-0.1, -0.05) is 19.9 Å². The molecule has 0 spiro atoms. The molecule has 0 radical (unpaired) electrons. The Balaban J connectivity index is 1.82. The first-order valence-electron chi connectivity index (χ1n) is 11.5. The van der Waals surface area contributed by atoms with Gasteiger partial charge in [-0.15, -0.1) is 0 Å². The second-order valence-electron chi connectivity index (χ2n) is 8.51. The predicted molar refractivity (Wildman–Crippen MR) is 127 cm³/mol. The molecule has 0 saturated carbocycles. The summed E-state index contributed by atoms with van der Waals surface area (Å²) >= 11 is 0. The van der Waals surface area contributed by atoms with Gasteiger partial charge in [0, 0.05) is 17.3 Å². The quantitative estimate of drug-likeness (QED) is 0.386.